The van der Waals surface area contributed by atoms with Crippen molar-refractivity contribution >= 4 is 5.91 Å². The van der Waals surface area contributed by atoms with Gasteiger partial charge in [0.2, 0.25) is 5.91 Å². The fourth-order valence-corrected chi connectivity index (χ4v) is 2.43. The zero-order valence-corrected chi connectivity index (χ0v) is 12.6. The zero-order chi connectivity index (χ0) is 14.5. The van der Waals surface area contributed by atoms with E-state index in [9.17, 15) is 4.79 Å². The van der Waals surface area contributed by atoms with Gasteiger partial charge in [-0.25, -0.2) is 0 Å². The van der Waals surface area contributed by atoms with E-state index >= 15 is 0 Å². The van der Waals surface area contributed by atoms with Crippen molar-refractivity contribution in [1.29, 1.82) is 0 Å². The first-order valence-corrected chi connectivity index (χ1v) is 7.32. The van der Waals surface area contributed by atoms with Gasteiger partial charge in [0.15, 0.2) is 0 Å². The van der Waals surface area contributed by atoms with Gasteiger partial charge in [0.25, 0.3) is 0 Å². The number of hydrogen-bond acceptors (Lipinski definition) is 4. The molecule has 6 heteroatoms. The van der Waals surface area contributed by atoms with E-state index < -0.39 is 0 Å². The van der Waals surface area contributed by atoms with E-state index in [1.807, 2.05) is 11.6 Å². The quantitative estimate of drug-likeness (QED) is 0.661. The van der Waals surface area contributed by atoms with Crippen molar-refractivity contribution in [2.24, 2.45) is 0 Å². The molecule has 0 aromatic carbocycles. The van der Waals surface area contributed by atoms with Gasteiger partial charge in [-0.15, -0.1) is 0 Å². The molecule has 0 aliphatic carbocycles. The molecule has 2 heterocycles. The molecule has 0 bridgehead atoms. The Balaban J connectivity index is 1.65. The first kappa shape index (κ1) is 15.0. The minimum absolute atomic E-state index is 0.0813. The molecule has 1 fully saturated rings. The van der Waals surface area contributed by atoms with Crippen LogP contribution in [-0.2, 0) is 11.3 Å². The molecule has 1 saturated heterocycles. The number of rotatable bonds is 5. The van der Waals surface area contributed by atoms with Crippen molar-refractivity contribution in [2.75, 3.05) is 19.6 Å². The predicted octanol–water partition coefficient (Wildman–Crippen LogP) is -0.0439. The smallest absolute Gasteiger partial charge is 0.238 e. The maximum absolute atomic E-state index is 12.0. The van der Waals surface area contributed by atoms with E-state index in [0.29, 0.717) is 19.1 Å². The van der Waals surface area contributed by atoms with Crippen LogP contribution in [0.1, 0.15) is 24.7 Å². The van der Waals surface area contributed by atoms with Crippen LogP contribution >= 0.6 is 0 Å². The van der Waals surface area contributed by atoms with Crippen LogP contribution in [0.5, 0.6) is 0 Å². The summed E-state index contributed by atoms with van der Waals surface area (Å²) in [4.78, 5) is 12.0. The Hall–Kier alpha value is -1.40. The minimum Gasteiger partial charge on any atom is -0.355 e. The molecule has 1 aliphatic heterocycles. The highest BCUT2D eigenvalue weighted by Crippen LogP contribution is 2.02. The van der Waals surface area contributed by atoms with Crippen LogP contribution in [0.4, 0.5) is 0 Å². The first-order valence-electron chi connectivity index (χ1n) is 7.32. The average molecular weight is 279 g/mol. The molecule has 20 heavy (non-hydrogen) atoms. The summed E-state index contributed by atoms with van der Waals surface area (Å²) >= 11 is 0. The number of hydrogen-bond donors (Lipinski definition) is 3. The van der Waals surface area contributed by atoms with Crippen LogP contribution in [0.25, 0.3) is 0 Å². The van der Waals surface area contributed by atoms with Crippen molar-refractivity contribution in [3.05, 3.63) is 17.5 Å². The lowest BCUT2D eigenvalue weighted by atomic mass is 10.1. The molecule has 0 spiro atoms. The number of aromatic nitrogens is 2. The zero-order valence-electron chi connectivity index (χ0n) is 12.6. The lowest BCUT2D eigenvalue weighted by molar-refractivity contribution is -0.123. The van der Waals surface area contributed by atoms with Gasteiger partial charge in [0.05, 0.1) is 11.7 Å². The van der Waals surface area contributed by atoms with Crippen molar-refractivity contribution in [3.63, 3.8) is 0 Å². The van der Waals surface area contributed by atoms with Crippen LogP contribution in [0.3, 0.4) is 0 Å². The Labute approximate surface area is 120 Å². The third kappa shape index (κ3) is 4.05. The third-order valence-electron chi connectivity index (χ3n) is 3.61. The second kappa shape index (κ2) is 6.85. The summed E-state index contributed by atoms with van der Waals surface area (Å²) in [5, 5.41) is 13.9. The van der Waals surface area contributed by atoms with Gasteiger partial charge >= 0.3 is 0 Å². The van der Waals surface area contributed by atoms with Gasteiger partial charge in [-0.3, -0.25) is 9.48 Å². The summed E-state index contributed by atoms with van der Waals surface area (Å²) in [5.74, 6) is 0.0813. The predicted molar refractivity (Wildman–Crippen MR) is 78.6 cm³/mol. The standard InChI is InChI=1S/C14H25N5O/c1-10-7-12(3)19(18-10)6-4-5-15-14(20)13-9-16-11(2)8-17-13/h7,11,13,16-17H,4-6,8-9H2,1-3H3,(H,15,20). The van der Waals surface area contributed by atoms with E-state index in [4.69, 9.17) is 0 Å². The molecule has 1 aromatic heterocycles. The molecule has 6 nitrogen and oxygen atoms in total. The van der Waals surface area contributed by atoms with Crippen LogP contribution < -0.4 is 16.0 Å². The molecular weight excluding hydrogens is 254 g/mol. The number of nitrogens with zero attached hydrogens (tertiary/aromatic N) is 2. The van der Waals surface area contributed by atoms with Gasteiger partial charge in [-0.05, 0) is 33.3 Å². The highest BCUT2D eigenvalue weighted by atomic mass is 16.2. The SMILES string of the molecule is Cc1cc(C)n(CCCNC(=O)C2CNC(C)CN2)n1. The summed E-state index contributed by atoms with van der Waals surface area (Å²) < 4.78 is 1.99. The van der Waals surface area contributed by atoms with Gasteiger partial charge in [-0.1, -0.05) is 0 Å². The Morgan fingerprint density at radius 2 is 2.25 bits per heavy atom. The molecule has 1 aromatic rings. The second-order valence-corrected chi connectivity index (χ2v) is 5.56. The molecule has 0 saturated carbocycles. The number of amides is 1. The number of piperazine rings is 1. The highest BCUT2D eigenvalue weighted by molar-refractivity contribution is 5.82. The lowest BCUT2D eigenvalue weighted by Gasteiger charge is -2.28. The number of nitrogens with one attached hydrogen (secondary N) is 3. The maximum atomic E-state index is 12.0. The number of aryl methyl sites for hydroxylation is 3. The Morgan fingerprint density at radius 3 is 2.85 bits per heavy atom. The van der Waals surface area contributed by atoms with Gasteiger partial charge in [0, 0.05) is 37.9 Å². The van der Waals surface area contributed by atoms with Crippen LogP contribution in [0.2, 0.25) is 0 Å². The second-order valence-electron chi connectivity index (χ2n) is 5.56. The topological polar surface area (TPSA) is 71.0 Å². The fourth-order valence-electron chi connectivity index (χ4n) is 2.43. The van der Waals surface area contributed by atoms with Crippen LogP contribution in [0, 0.1) is 13.8 Å². The summed E-state index contributed by atoms with van der Waals surface area (Å²) in [6.45, 7) is 9.22. The molecule has 0 radical (unpaired) electrons. The normalized spacial score (nSPS) is 22.8. The Bertz CT molecular complexity index is 448. The lowest BCUT2D eigenvalue weighted by Crippen LogP contribution is -2.58. The van der Waals surface area contributed by atoms with Crippen molar-refractivity contribution in [1.82, 2.24) is 25.7 Å². The minimum atomic E-state index is -0.111. The van der Waals surface area contributed by atoms with E-state index in [0.717, 1.165) is 25.2 Å². The van der Waals surface area contributed by atoms with E-state index in [1.54, 1.807) is 0 Å². The van der Waals surface area contributed by atoms with E-state index in [-0.39, 0.29) is 11.9 Å². The Morgan fingerprint density at radius 1 is 1.45 bits per heavy atom. The Kier molecular flexibility index (Phi) is 5.14. The molecule has 1 aliphatic rings. The largest absolute Gasteiger partial charge is 0.355 e. The van der Waals surface area contributed by atoms with E-state index in [2.05, 4.69) is 41.0 Å². The van der Waals surface area contributed by atoms with Crippen molar-refractivity contribution < 1.29 is 4.79 Å². The fraction of sp³-hybridized carbons (Fsp3) is 0.714. The summed E-state index contributed by atoms with van der Waals surface area (Å²) in [7, 11) is 0. The molecule has 2 unspecified atom stereocenters. The summed E-state index contributed by atoms with van der Waals surface area (Å²) in [6.07, 6.45) is 0.893. The van der Waals surface area contributed by atoms with Crippen LogP contribution in [-0.4, -0.2) is 47.4 Å². The monoisotopic (exact) mass is 279 g/mol. The molecular formula is C14H25N5O. The molecule has 2 rings (SSSR count). The summed E-state index contributed by atoms with van der Waals surface area (Å²) in [5.41, 5.74) is 2.21. The van der Waals surface area contributed by atoms with Crippen LogP contribution in [0.15, 0.2) is 6.07 Å². The average Bonchev–Trinajstić information content (AvgIpc) is 2.73. The van der Waals surface area contributed by atoms with Gasteiger partial charge in [0.1, 0.15) is 0 Å². The first-order chi connectivity index (χ1) is 9.56. The van der Waals surface area contributed by atoms with Crippen molar-refractivity contribution in [3.8, 4) is 0 Å². The van der Waals surface area contributed by atoms with E-state index in [1.165, 1.54) is 5.69 Å². The van der Waals surface area contributed by atoms with Gasteiger partial charge < -0.3 is 16.0 Å². The molecule has 1 amide bonds. The number of carbonyl (C=O) groups is 1. The van der Waals surface area contributed by atoms with Crippen molar-refractivity contribution in [2.45, 2.75) is 45.8 Å². The summed E-state index contributed by atoms with van der Waals surface area (Å²) in [6, 6.07) is 2.39. The molecule has 3 N–H and O–H groups in total. The maximum Gasteiger partial charge on any atom is 0.238 e. The molecule has 2 atom stereocenters. The molecule has 112 valence electrons. The third-order valence-corrected chi connectivity index (χ3v) is 3.61. The number of carbonyl (C=O) groups excluding carboxylic acids is 1. The van der Waals surface area contributed by atoms with Gasteiger partial charge in [-0.2, -0.15) is 5.10 Å². The highest BCUT2D eigenvalue weighted by Gasteiger charge is 2.22.